The summed E-state index contributed by atoms with van der Waals surface area (Å²) >= 11 is 0. The number of aliphatic hydroxyl groups excluding tert-OH is 1. The average molecular weight is 361 g/mol. The van der Waals surface area contributed by atoms with Gasteiger partial charge in [0.2, 0.25) is 0 Å². The topological polar surface area (TPSA) is 104 Å². The van der Waals surface area contributed by atoms with Gasteiger partial charge in [0, 0.05) is 13.2 Å². The van der Waals surface area contributed by atoms with Crippen molar-refractivity contribution in [2.24, 2.45) is 0 Å². The number of hydrogen-bond donors (Lipinski definition) is 3. The van der Waals surface area contributed by atoms with Gasteiger partial charge in [-0.1, -0.05) is 12.1 Å². The lowest BCUT2D eigenvalue weighted by Gasteiger charge is -2.22. The van der Waals surface area contributed by atoms with E-state index in [1.165, 1.54) is 12.1 Å². The molecule has 0 radical (unpaired) electrons. The molecular formula is C18H20FN3O4. The largest absolute Gasteiger partial charge is 0.391 e. The number of halogens is 1. The SMILES string of the molecule is CC1(c2nc(C(=O)NCc3ccc(F)cc3)c(CO)c(=O)[nH]2)CCCO1. The first kappa shape index (κ1) is 18.2. The van der Waals surface area contributed by atoms with E-state index >= 15 is 0 Å². The van der Waals surface area contributed by atoms with Crippen molar-refractivity contribution < 1.29 is 19.0 Å². The normalized spacial score (nSPS) is 19.5. The Bertz CT molecular complexity index is 858. The molecule has 1 saturated heterocycles. The molecule has 1 aliphatic rings. The molecule has 1 amide bonds. The van der Waals surface area contributed by atoms with Crippen LogP contribution in [-0.2, 0) is 23.5 Å². The van der Waals surface area contributed by atoms with Crippen LogP contribution in [0, 0.1) is 5.82 Å². The maximum atomic E-state index is 12.9. The number of aliphatic hydroxyl groups is 1. The van der Waals surface area contributed by atoms with Gasteiger partial charge in [-0.05, 0) is 37.5 Å². The number of nitrogens with one attached hydrogen (secondary N) is 2. The summed E-state index contributed by atoms with van der Waals surface area (Å²) in [4.78, 5) is 31.7. The van der Waals surface area contributed by atoms with Crippen LogP contribution >= 0.6 is 0 Å². The average Bonchev–Trinajstić information content (AvgIpc) is 3.08. The molecule has 0 aliphatic carbocycles. The molecule has 3 rings (SSSR count). The fourth-order valence-corrected chi connectivity index (χ4v) is 2.92. The van der Waals surface area contributed by atoms with Crippen LogP contribution in [0.1, 0.15) is 47.2 Å². The number of carbonyl (C=O) groups excluding carboxylic acids is 1. The Balaban J connectivity index is 1.87. The van der Waals surface area contributed by atoms with Gasteiger partial charge >= 0.3 is 0 Å². The highest BCUT2D eigenvalue weighted by atomic mass is 19.1. The Morgan fingerprint density at radius 3 is 2.77 bits per heavy atom. The van der Waals surface area contributed by atoms with Crippen LogP contribution < -0.4 is 10.9 Å². The minimum Gasteiger partial charge on any atom is -0.391 e. The van der Waals surface area contributed by atoms with E-state index in [1.807, 2.05) is 0 Å². The predicted molar refractivity (Wildman–Crippen MR) is 90.9 cm³/mol. The minimum atomic E-state index is -0.765. The number of aromatic amines is 1. The van der Waals surface area contributed by atoms with Crippen molar-refractivity contribution in [2.45, 2.75) is 38.5 Å². The van der Waals surface area contributed by atoms with Crippen molar-refractivity contribution in [2.75, 3.05) is 6.61 Å². The van der Waals surface area contributed by atoms with E-state index in [1.54, 1.807) is 19.1 Å². The lowest BCUT2D eigenvalue weighted by Crippen LogP contribution is -2.34. The van der Waals surface area contributed by atoms with Gasteiger partial charge in [0.15, 0.2) is 0 Å². The van der Waals surface area contributed by atoms with Gasteiger partial charge in [0.25, 0.3) is 11.5 Å². The third-order valence-electron chi connectivity index (χ3n) is 4.47. The molecule has 2 aromatic rings. The molecule has 0 spiro atoms. The smallest absolute Gasteiger partial charge is 0.270 e. The molecule has 2 heterocycles. The summed E-state index contributed by atoms with van der Waals surface area (Å²) in [5.74, 6) is -0.690. The minimum absolute atomic E-state index is 0.105. The molecule has 1 atom stereocenters. The van der Waals surface area contributed by atoms with E-state index in [4.69, 9.17) is 4.74 Å². The summed E-state index contributed by atoms with van der Waals surface area (Å²) in [5, 5.41) is 12.1. The van der Waals surface area contributed by atoms with Gasteiger partial charge in [-0.25, -0.2) is 9.37 Å². The summed E-state index contributed by atoms with van der Waals surface area (Å²) in [6.45, 7) is 1.88. The van der Waals surface area contributed by atoms with E-state index in [9.17, 15) is 19.1 Å². The van der Waals surface area contributed by atoms with Crippen LogP contribution in [0.15, 0.2) is 29.1 Å². The Morgan fingerprint density at radius 2 is 2.15 bits per heavy atom. The van der Waals surface area contributed by atoms with Crippen molar-refractivity contribution in [1.82, 2.24) is 15.3 Å². The van der Waals surface area contributed by atoms with Gasteiger partial charge < -0.3 is 20.1 Å². The molecule has 138 valence electrons. The van der Waals surface area contributed by atoms with Crippen molar-refractivity contribution in [3.05, 3.63) is 63.1 Å². The Morgan fingerprint density at radius 1 is 1.42 bits per heavy atom. The number of carbonyl (C=O) groups is 1. The number of rotatable bonds is 5. The molecule has 1 aliphatic heterocycles. The van der Waals surface area contributed by atoms with Gasteiger partial charge in [-0.15, -0.1) is 0 Å². The second-order valence-electron chi connectivity index (χ2n) is 6.39. The Kier molecular flexibility index (Phi) is 5.15. The summed E-state index contributed by atoms with van der Waals surface area (Å²) in [6, 6.07) is 5.68. The van der Waals surface area contributed by atoms with E-state index in [0.29, 0.717) is 18.6 Å². The second-order valence-corrected chi connectivity index (χ2v) is 6.39. The monoisotopic (exact) mass is 361 g/mol. The van der Waals surface area contributed by atoms with Crippen molar-refractivity contribution in [3.8, 4) is 0 Å². The third-order valence-corrected chi connectivity index (χ3v) is 4.47. The zero-order chi connectivity index (χ0) is 18.7. The number of hydrogen-bond acceptors (Lipinski definition) is 5. The van der Waals surface area contributed by atoms with Crippen molar-refractivity contribution in [3.63, 3.8) is 0 Å². The highest BCUT2D eigenvalue weighted by molar-refractivity contribution is 5.93. The quantitative estimate of drug-likeness (QED) is 0.746. The van der Waals surface area contributed by atoms with Gasteiger partial charge in [0.1, 0.15) is 22.9 Å². The second kappa shape index (κ2) is 7.35. The third kappa shape index (κ3) is 3.66. The van der Waals surface area contributed by atoms with Crippen LogP contribution in [0.25, 0.3) is 0 Å². The van der Waals surface area contributed by atoms with Gasteiger partial charge in [0.05, 0.1) is 12.2 Å². The molecule has 1 aromatic heterocycles. The highest BCUT2D eigenvalue weighted by Gasteiger charge is 2.35. The maximum absolute atomic E-state index is 12.9. The van der Waals surface area contributed by atoms with Crippen LogP contribution in [0.3, 0.4) is 0 Å². The lowest BCUT2D eigenvalue weighted by atomic mass is 10.0. The summed E-state index contributed by atoms with van der Waals surface area (Å²) in [5.41, 5.74) is -0.876. The number of aromatic nitrogens is 2. The molecule has 1 unspecified atom stereocenters. The molecule has 0 bridgehead atoms. The van der Waals surface area contributed by atoms with Crippen molar-refractivity contribution >= 4 is 5.91 Å². The van der Waals surface area contributed by atoms with Crippen molar-refractivity contribution in [1.29, 1.82) is 0 Å². The Labute approximate surface area is 149 Å². The standard InChI is InChI=1S/C18H20FN3O4/c1-18(7-2-8-26-18)17-21-14(13(10-23)15(24)22-17)16(25)20-9-11-3-5-12(19)6-4-11/h3-6,23H,2,7-10H2,1H3,(H,20,25)(H,21,22,24). The zero-order valence-electron chi connectivity index (χ0n) is 14.3. The fraction of sp³-hybridized carbons (Fsp3) is 0.389. The molecule has 26 heavy (non-hydrogen) atoms. The number of nitrogens with zero attached hydrogens (tertiary/aromatic N) is 1. The number of H-pyrrole nitrogens is 1. The van der Waals surface area contributed by atoms with Crippen LogP contribution in [0.4, 0.5) is 4.39 Å². The lowest BCUT2D eigenvalue weighted by molar-refractivity contribution is 0.00887. The van der Waals surface area contributed by atoms with E-state index in [0.717, 1.165) is 6.42 Å². The van der Waals surface area contributed by atoms with Gasteiger partial charge in [-0.3, -0.25) is 9.59 Å². The predicted octanol–water partition coefficient (Wildman–Crippen LogP) is 1.36. The molecule has 0 saturated carbocycles. The van der Waals surface area contributed by atoms with E-state index < -0.39 is 23.7 Å². The first-order valence-electron chi connectivity index (χ1n) is 8.34. The molecule has 1 aromatic carbocycles. The first-order valence-corrected chi connectivity index (χ1v) is 8.34. The van der Waals surface area contributed by atoms with Gasteiger partial charge in [-0.2, -0.15) is 0 Å². The molecule has 7 nitrogen and oxygen atoms in total. The molecule has 1 fully saturated rings. The number of ether oxygens (including phenoxy) is 1. The first-order chi connectivity index (χ1) is 12.4. The number of benzene rings is 1. The Hall–Kier alpha value is -2.58. The summed E-state index contributed by atoms with van der Waals surface area (Å²) in [6.07, 6.45) is 1.50. The zero-order valence-corrected chi connectivity index (χ0v) is 14.3. The molecule has 3 N–H and O–H groups in total. The maximum Gasteiger partial charge on any atom is 0.270 e. The highest BCUT2D eigenvalue weighted by Crippen LogP contribution is 2.33. The fourth-order valence-electron chi connectivity index (χ4n) is 2.92. The van der Waals surface area contributed by atoms with E-state index in [2.05, 4.69) is 15.3 Å². The van der Waals surface area contributed by atoms with Crippen LogP contribution in [-0.4, -0.2) is 27.6 Å². The molecule has 8 heteroatoms. The van der Waals surface area contributed by atoms with Crippen LogP contribution in [0.5, 0.6) is 0 Å². The molecular weight excluding hydrogens is 341 g/mol. The van der Waals surface area contributed by atoms with E-state index in [-0.39, 0.29) is 29.4 Å². The number of amides is 1. The summed E-state index contributed by atoms with van der Waals surface area (Å²) in [7, 11) is 0. The summed E-state index contributed by atoms with van der Waals surface area (Å²) < 4.78 is 18.6. The van der Waals surface area contributed by atoms with Crippen LogP contribution in [0.2, 0.25) is 0 Å².